The lowest BCUT2D eigenvalue weighted by molar-refractivity contribution is -0.153. The number of ether oxygens (including phenoxy) is 2. The highest BCUT2D eigenvalue weighted by molar-refractivity contribution is 4.86. The van der Waals surface area contributed by atoms with Gasteiger partial charge >= 0.3 is 0 Å². The highest BCUT2D eigenvalue weighted by atomic mass is 16.5. The molecule has 0 fully saturated rings. The Hall–Kier alpha value is -0.120. The molecule has 11 heavy (non-hydrogen) atoms. The van der Waals surface area contributed by atoms with Gasteiger partial charge in [-0.3, -0.25) is 0 Å². The largest absolute Gasteiger partial charge is 0.390 e. The second-order valence-electron chi connectivity index (χ2n) is 2.94. The molecule has 0 aliphatic carbocycles. The van der Waals surface area contributed by atoms with Crippen molar-refractivity contribution in [1.29, 1.82) is 0 Å². The lowest BCUT2D eigenvalue weighted by Crippen LogP contribution is -2.49. The number of rotatable bonds is 4. The first kappa shape index (κ1) is 10.9. The number of hydrogen-bond acceptors (Lipinski definition) is 3. The molecule has 3 nitrogen and oxygen atoms in total. The van der Waals surface area contributed by atoms with Gasteiger partial charge in [0.1, 0.15) is 5.60 Å². The molecule has 0 bridgehead atoms. The van der Waals surface area contributed by atoms with Crippen molar-refractivity contribution in [1.82, 2.24) is 0 Å². The van der Waals surface area contributed by atoms with Crippen LogP contribution in [0.2, 0.25) is 0 Å². The summed E-state index contributed by atoms with van der Waals surface area (Å²) in [6, 6.07) is 0. The molecule has 0 saturated heterocycles. The second kappa shape index (κ2) is 4.04. The van der Waals surface area contributed by atoms with E-state index in [1.54, 1.807) is 21.1 Å². The van der Waals surface area contributed by atoms with Crippen LogP contribution in [0.5, 0.6) is 0 Å². The third kappa shape index (κ3) is 2.15. The Morgan fingerprint density at radius 2 is 1.73 bits per heavy atom. The van der Waals surface area contributed by atoms with E-state index in [9.17, 15) is 5.11 Å². The van der Waals surface area contributed by atoms with E-state index >= 15 is 0 Å². The van der Waals surface area contributed by atoms with E-state index in [0.29, 0.717) is 0 Å². The van der Waals surface area contributed by atoms with E-state index in [4.69, 9.17) is 9.47 Å². The van der Waals surface area contributed by atoms with Gasteiger partial charge in [0.15, 0.2) is 0 Å². The van der Waals surface area contributed by atoms with Gasteiger partial charge in [-0.2, -0.15) is 0 Å². The Morgan fingerprint density at radius 1 is 1.27 bits per heavy atom. The molecule has 0 saturated carbocycles. The third-order valence-electron chi connectivity index (χ3n) is 2.43. The standard InChI is InChI=1S/C8H18O3/c1-6(9)8(3,11-5)7(2)10-4/h6-7,9H,1-5H3. The molecular formula is C8H18O3. The minimum atomic E-state index is -0.616. The maximum Gasteiger partial charge on any atom is 0.116 e. The lowest BCUT2D eigenvalue weighted by Gasteiger charge is -2.35. The predicted octanol–water partition coefficient (Wildman–Crippen LogP) is 0.807. The van der Waals surface area contributed by atoms with Gasteiger partial charge in [0, 0.05) is 14.2 Å². The Bertz CT molecular complexity index is 114. The fourth-order valence-corrected chi connectivity index (χ4v) is 0.910. The van der Waals surface area contributed by atoms with E-state index in [-0.39, 0.29) is 6.10 Å². The van der Waals surface area contributed by atoms with Crippen molar-refractivity contribution in [3.05, 3.63) is 0 Å². The smallest absolute Gasteiger partial charge is 0.116 e. The first-order valence-corrected chi connectivity index (χ1v) is 3.75. The van der Waals surface area contributed by atoms with Crippen LogP contribution in [0, 0.1) is 0 Å². The van der Waals surface area contributed by atoms with Gasteiger partial charge in [-0.05, 0) is 20.8 Å². The van der Waals surface area contributed by atoms with Gasteiger partial charge < -0.3 is 14.6 Å². The molecule has 3 atom stereocenters. The third-order valence-corrected chi connectivity index (χ3v) is 2.43. The fourth-order valence-electron chi connectivity index (χ4n) is 0.910. The van der Waals surface area contributed by atoms with Crippen LogP contribution >= 0.6 is 0 Å². The van der Waals surface area contributed by atoms with Gasteiger partial charge in [-0.1, -0.05) is 0 Å². The molecule has 0 aromatic heterocycles. The SMILES string of the molecule is COC(C)C(C)(OC)C(C)O. The molecule has 0 aromatic rings. The fraction of sp³-hybridized carbons (Fsp3) is 1.00. The Balaban J connectivity index is 4.32. The van der Waals surface area contributed by atoms with Crippen LogP contribution in [0.3, 0.4) is 0 Å². The molecule has 0 rings (SSSR count). The van der Waals surface area contributed by atoms with Gasteiger partial charge in [-0.15, -0.1) is 0 Å². The molecule has 0 aliphatic heterocycles. The van der Waals surface area contributed by atoms with Gasteiger partial charge in [-0.25, -0.2) is 0 Å². The topological polar surface area (TPSA) is 38.7 Å². The monoisotopic (exact) mass is 162 g/mol. The number of methoxy groups -OCH3 is 2. The summed E-state index contributed by atoms with van der Waals surface area (Å²) in [4.78, 5) is 0. The van der Waals surface area contributed by atoms with E-state index < -0.39 is 11.7 Å². The molecular weight excluding hydrogens is 144 g/mol. The van der Waals surface area contributed by atoms with Crippen molar-refractivity contribution in [2.45, 2.75) is 38.6 Å². The van der Waals surface area contributed by atoms with Crippen molar-refractivity contribution in [2.75, 3.05) is 14.2 Å². The lowest BCUT2D eigenvalue weighted by atomic mass is 9.94. The second-order valence-corrected chi connectivity index (χ2v) is 2.94. The molecule has 0 radical (unpaired) electrons. The molecule has 3 unspecified atom stereocenters. The summed E-state index contributed by atoms with van der Waals surface area (Å²) in [7, 11) is 3.17. The van der Waals surface area contributed by atoms with E-state index in [1.165, 1.54) is 0 Å². The van der Waals surface area contributed by atoms with Crippen LogP contribution in [0.25, 0.3) is 0 Å². The van der Waals surface area contributed by atoms with Crippen molar-refractivity contribution < 1.29 is 14.6 Å². The zero-order chi connectivity index (χ0) is 9.07. The average Bonchev–Trinajstić information content (AvgIpc) is 2.01. The molecule has 68 valence electrons. The Morgan fingerprint density at radius 3 is 1.82 bits per heavy atom. The van der Waals surface area contributed by atoms with Crippen molar-refractivity contribution in [3.8, 4) is 0 Å². The maximum atomic E-state index is 9.37. The highest BCUT2D eigenvalue weighted by Crippen LogP contribution is 2.21. The van der Waals surface area contributed by atoms with Crippen molar-refractivity contribution in [2.24, 2.45) is 0 Å². The molecule has 0 aromatic carbocycles. The Kier molecular flexibility index (Phi) is 4.00. The van der Waals surface area contributed by atoms with Crippen LogP contribution in [0.4, 0.5) is 0 Å². The van der Waals surface area contributed by atoms with E-state index in [1.807, 2.05) is 13.8 Å². The molecule has 1 N–H and O–H groups in total. The zero-order valence-electron chi connectivity index (χ0n) is 7.92. The van der Waals surface area contributed by atoms with Gasteiger partial charge in [0.25, 0.3) is 0 Å². The summed E-state index contributed by atoms with van der Waals surface area (Å²) in [6.45, 7) is 5.39. The van der Waals surface area contributed by atoms with Crippen LogP contribution in [0.15, 0.2) is 0 Å². The predicted molar refractivity (Wildman–Crippen MR) is 43.6 cm³/mol. The average molecular weight is 162 g/mol. The number of hydrogen-bond donors (Lipinski definition) is 1. The molecule has 0 heterocycles. The highest BCUT2D eigenvalue weighted by Gasteiger charge is 2.36. The van der Waals surface area contributed by atoms with Crippen LogP contribution in [-0.4, -0.2) is 37.1 Å². The summed E-state index contributed by atoms with van der Waals surface area (Å²) >= 11 is 0. The van der Waals surface area contributed by atoms with Crippen molar-refractivity contribution in [3.63, 3.8) is 0 Å². The molecule has 0 aliphatic rings. The van der Waals surface area contributed by atoms with E-state index in [2.05, 4.69) is 0 Å². The Labute approximate surface area is 68.3 Å². The number of aliphatic hydroxyl groups is 1. The van der Waals surface area contributed by atoms with Gasteiger partial charge in [0.2, 0.25) is 0 Å². The minimum Gasteiger partial charge on any atom is -0.390 e. The van der Waals surface area contributed by atoms with Crippen LogP contribution in [0.1, 0.15) is 20.8 Å². The quantitative estimate of drug-likeness (QED) is 0.664. The summed E-state index contributed by atoms with van der Waals surface area (Å²) in [5, 5.41) is 9.37. The van der Waals surface area contributed by atoms with Gasteiger partial charge in [0.05, 0.1) is 12.2 Å². The summed E-state index contributed by atoms with van der Waals surface area (Å²) in [5.74, 6) is 0. The molecule has 0 spiro atoms. The normalized spacial score (nSPS) is 22.4. The summed E-state index contributed by atoms with van der Waals surface area (Å²) in [5.41, 5.74) is -0.616. The van der Waals surface area contributed by atoms with Crippen LogP contribution in [-0.2, 0) is 9.47 Å². The molecule has 3 heteroatoms. The minimum absolute atomic E-state index is 0.118. The number of aliphatic hydroxyl groups excluding tert-OH is 1. The maximum absolute atomic E-state index is 9.37. The van der Waals surface area contributed by atoms with Crippen molar-refractivity contribution >= 4 is 0 Å². The first-order chi connectivity index (χ1) is 4.99. The van der Waals surface area contributed by atoms with Crippen LogP contribution < -0.4 is 0 Å². The van der Waals surface area contributed by atoms with E-state index in [0.717, 1.165) is 0 Å². The summed E-state index contributed by atoms with van der Waals surface area (Å²) in [6.07, 6.45) is -0.657. The zero-order valence-corrected chi connectivity index (χ0v) is 7.92. The molecule has 0 amide bonds. The summed E-state index contributed by atoms with van der Waals surface area (Å²) < 4.78 is 10.3. The first-order valence-electron chi connectivity index (χ1n) is 3.75.